The predicted molar refractivity (Wildman–Crippen MR) is 75.2 cm³/mol. The zero-order valence-corrected chi connectivity index (χ0v) is 12.3. The second kappa shape index (κ2) is 6.22. The Bertz CT molecular complexity index is 431. The number of likely N-dealkylation sites (tertiary alicyclic amines) is 1. The van der Waals surface area contributed by atoms with Gasteiger partial charge in [0.15, 0.2) is 0 Å². The van der Waals surface area contributed by atoms with Gasteiger partial charge in [0.05, 0.1) is 12.6 Å². The summed E-state index contributed by atoms with van der Waals surface area (Å²) in [6.07, 6.45) is 7.66. The molecule has 0 radical (unpaired) electrons. The third kappa shape index (κ3) is 2.88. The van der Waals surface area contributed by atoms with E-state index in [2.05, 4.69) is 15.1 Å². The van der Waals surface area contributed by atoms with E-state index in [4.69, 9.17) is 4.42 Å². The molecule has 112 valence electrons. The lowest BCUT2D eigenvalue weighted by Gasteiger charge is -2.37. The van der Waals surface area contributed by atoms with Crippen LogP contribution in [0.25, 0.3) is 0 Å². The molecule has 5 heteroatoms. The van der Waals surface area contributed by atoms with Crippen LogP contribution in [0, 0.1) is 0 Å². The van der Waals surface area contributed by atoms with Gasteiger partial charge in [0, 0.05) is 12.0 Å². The summed E-state index contributed by atoms with van der Waals surface area (Å²) in [6, 6.07) is 0.243. The SMILES string of the molecule is CCC(O)C1CCCCN1Cc1nnc(C2CCC2)o1. The normalized spacial score (nSPS) is 26.4. The van der Waals surface area contributed by atoms with Gasteiger partial charge in [0.2, 0.25) is 11.8 Å². The Balaban J connectivity index is 1.63. The summed E-state index contributed by atoms with van der Waals surface area (Å²) in [5.74, 6) is 2.02. The molecule has 2 unspecified atom stereocenters. The van der Waals surface area contributed by atoms with Crippen LogP contribution < -0.4 is 0 Å². The summed E-state index contributed by atoms with van der Waals surface area (Å²) in [6.45, 7) is 3.74. The topological polar surface area (TPSA) is 62.4 Å². The summed E-state index contributed by atoms with van der Waals surface area (Å²) in [5, 5.41) is 18.5. The average Bonchev–Trinajstić information content (AvgIpc) is 2.84. The molecule has 1 aromatic rings. The Morgan fingerprint density at radius 3 is 2.80 bits per heavy atom. The molecule has 3 rings (SSSR count). The molecule has 0 amide bonds. The quantitative estimate of drug-likeness (QED) is 0.897. The van der Waals surface area contributed by atoms with E-state index in [0.29, 0.717) is 18.4 Å². The van der Waals surface area contributed by atoms with Gasteiger partial charge in [-0.2, -0.15) is 0 Å². The van der Waals surface area contributed by atoms with Crippen molar-refractivity contribution in [1.29, 1.82) is 0 Å². The van der Waals surface area contributed by atoms with Gasteiger partial charge in [0.1, 0.15) is 0 Å². The molecule has 1 saturated carbocycles. The molecule has 1 aliphatic carbocycles. The predicted octanol–water partition coefficient (Wildman–Crippen LogP) is 2.46. The van der Waals surface area contributed by atoms with E-state index in [1.54, 1.807) is 0 Å². The van der Waals surface area contributed by atoms with E-state index < -0.39 is 0 Å². The fourth-order valence-corrected chi connectivity index (χ4v) is 3.25. The van der Waals surface area contributed by atoms with Crippen molar-refractivity contribution in [2.75, 3.05) is 6.54 Å². The number of piperidine rings is 1. The van der Waals surface area contributed by atoms with Crippen molar-refractivity contribution in [3.63, 3.8) is 0 Å². The van der Waals surface area contributed by atoms with Crippen LogP contribution in [0.1, 0.15) is 69.6 Å². The number of nitrogens with zero attached hydrogens (tertiary/aromatic N) is 3. The fraction of sp³-hybridized carbons (Fsp3) is 0.867. The van der Waals surface area contributed by atoms with Crippen molar-refractivity contribution >= 4 is 0 Å². The van der Waals surface area contributed by atoms with Gasteiger partial charge in [-0.1, -0.05) is 19.8 Å². The molecule has 2 fully saturated rings. The van der Waals surface area contributed by atoms with Gasteiger partial charge in [0.25, 0.3) is 0 Å². The van der Waals surface area contributed by atoms with Crippen LogP contribution in [0.2, 0.25) is 0 Å². The maximum atomic E-state index is 10.2. The summed E-state index contributed by atoms with van der Waals surface area (Å²) in [5.41, 5.74) is 0. The Morgan fingerprint density at radius 1 is 1.25 bits per heavy atom. The molecule has 20 heavy (non-hydrogen) atoms. The van der Waals surface area contributed by atoms with E-state index in [-0.39, 0.29) is 12.1 Å². The first-order chi connectivity index (χ1) is 9.78. The van der Waals surface area contributed by atoms with E-state index in [9.17, 15) is 5.11 Å². The molecular formula is C15H25N3O2. The molecule has 0 bridgehead atoms. The summed E-state index contributed by atoms with van der Waals surface area (Å²) in [7, 11) is 0. The first kappa shape index (κ1) is 14.0. The van der Waals surface area contributed by atoms with E-state index >= 15 is 0 Å². The van der Waals surface area contributed by atoms with Crippen LogP contribution in [-0.4, -0.2) is 38.9 Å². The average molecular weight is 279 g/mol. The van der Waals surface area contributed by atoms with Crippen molar-refractivity contribution < 1.29 is 9.52 Å². The molecule has 2 heterocycles. The Morgan fingerprint density at radius 2 is 2.10 bits per heavy atom. The molecule has 1 aliphatic heterocycles. The van der Waals surface area contributed by atoms with Crippen molar-refractivity contribution in [2.45, 2.75) is 76.5 Å². The van der Waals surface area contributed by atoms with Crippen LogP contribution in [0.5, 0.6) is 0 Å². The largest absolute Gasteiger partial charge is 0.424 e. The molecule has 1 aromatic heterocycles. The minimum atomic E-state index is -0.246. The van der Waals surface area contributed by atoms with Crippen LogP contribution in [0.15, 0.2) is 4.42 Å². The number of aromatic nitrogens is 2. The third-order valence-electron chi connectivity index (χ3n) is 4.80. The smallest absolute Gasteiger partial charge is 0.230 e. The maximum Gasteiger partial charge on any atom is 0.230 e. The van der Waals surface area contributed by atoms with Crippen molar-refractivity contribution in [3.05, 3.63) is 11.8 Å². The molecule has 2 atom stereocenters. The molecule has 5 nitrogen and oxygen atoms in total. The first-order valence-corrected chi connectivity index (χ1v) is 8.02. The van der Waals surface area contributed by atoms with Gasteiger partial charge >= 0.3 is 0 Å². The van der Waals surface area contributed by atoms with Crippen LogP contribution in [-0.2, 0) is 6.54 Å². The maximum absolute atomic E-state index is 10.2. The second-order valence-corrected chi connectivity index (χ2v) is 6.17. The van der Waals surface area contributed by atoms with Crippen molar-refractivity contribution in [1.82, 2.24) is 15.1 Å². The Kier molecular flexibility index (Phi) is 4.36. The summed E-state index contributed by atoms with van der Waals surface area (Å²) >= 11 is 0. The van der Waals surface area contributed by atoms with Gasteiger partial charge in [-0.05, 0) is 38.6 Å². The molecule has 0 aromatic carbocycles. The minimum Gasteiger partial charge on any atom is -0.424 e. The lowest BCUT2D eigenvalue weighted by molar-refractivity contribution is 0.0151. The lowest BCUT2D eigenvalue weighted by Crippen LogP contribution is -2.46. The number of aliphatic hydroxyl groups is 1. The summed E-state index contributed by atoms with van der Waals surface area (Å²) in [4.78, 5) is 2.32. The van der Waals surface area contributed by atoms with Gasteiger partial charge < -0.3 is 9.52 Å². The number of hydrogen-bond donors (Lipinski definition) is 1. The lowest BCUT2D eigenvalue weighted by atomic mass is 9.85. The molecule has 1 N–H and O–H groups in total. The van der Waals surface area contributed by atoms with E-state index in [0.717, 1.165) is 25.3 Å². The standard InChI is InChI=1S/C15H25N3O2/c1-2-13(19)12-8-3-4-9-18(12)10-14-16-17-15(20-14)11-6-5-7-11/h11-13,19H,2-10H2,1H3. The third-order valence-corrected chi connectivity index (χ3v) is 4.80. The second-order valence-electron chi connectivity index (χ2n) is 6.17. The van der Waals surface area contributed by atoms with E-state index in [1.165, 1.54) is 32.1 Å². The highest BCUT2D eigenvalue weighted by molar-refractivity contribution is 4.96. The van der Waals surface area contributed by atoms with Crippen molar-refractivity contribution in [3.8, 4) is 0 Å². The number of rotatable bonds is 5. The Hall–Kier alpha value is -0.940. The first-order valence-electron chi connectivity index (χ1n) is 8.02. The van der Waals surface area contributed by atoms with Crippen LogP contribution >= 0.6 is 0 Å². The number of aliphatic hydroxyl groups excluding tert-OH is 1. The summed E-state index contributed by atoms with van der Waals surface area (Å²) < 4.78 is 5.81. The molecule has 2 aliphatic rings. The van der Waals surface area contributed by atoms with Crippen LogP contribution in [0.4, 0.5) is 0 Å². The zero-order valence-electron chi connectivity index (χ0n) is 12.3. The van der Waals surface area contributed by atoms with Gasteiger partial charge in [-0.3, -0.25) is 4.90 Å². The Labute approximate surface area is 120 Å². The molecular weight excluding hydrogens is 254 g/mol. The molecule has 1 saturated heterocycles. The highest BCUT2D eigenvalue weighted by Gasteiger charge is 2.30. The highest BCUT2D eigenvalue weighted by atomic mass is 16.4. The van der Waals surface area contributed by atoms with Gasteiger partial charge in [-0.15, -0.1) is 10.2 Å². The number of hydrogen-bond acceptors (Lipinski definition) is 5. The van der Waals surface area contributed by atoms with Gasteiger partial charge in [-0.25, -0.2) is 0 Å². The monoisotopic (exact) mass is 279 g/mol. The fourth-order valence-electron chi connectivity index (χ4n) is 3.25. The zero-order chi connectivity index (χ0) is 13.9. The van der Waals surface area contributed by atoms with E-state index in [1.807, 2.05) is 6.92 Å². The minimum absolute atomic E-state index is 0.243. The highest BCUT2D eigenvalue weighted by Crippen LogP contribution is 2.35. The molecule has 0 spiro atoms. The van der Waals surface area contributed by atoms with Crippen molar-refractivity contribution in [2.24, 2.45) is 0 Å². The van der Waals surface area contributed by atoms with Crippen LogP contribution in [0.3, 0.4) is 0 Å².